The van der Waals surface area contributed by atoms with Crippen molar-refractivity contribution in [2.24, 2.45) is 5.84 Å². The van der Waals surface area contributed by atoms with Crippen LogP contribution in [0.3, 0.4) is 0 Å². The molecule has 2 rings (SSSR count). The summed E-state index contributed by atoms with van der Waals surface area (Å²) in [6.07, 6.45) is 0. The van der Waals surface area contributed by atoms with Crippen molar-refractivity contribution in [3.63, 3.8) is 0 Å². The van der Waals surface area contributed by atoms with Crippen molar-refractivity contribution in [2.45, 2.75) is 0 Å². The molecular formula is C12H9F2N3O3. The van der Waals surface area contributed by atoms with E-state index in [4.69, 9.17) is 10.6 Å². The summed E-state index contributed by atoms with van der Waals surface area (Å²) >= 11 is 0. The number of nitrogens with two attached hydrogens (primary N) is 1. The van der Waals surface area contributed by atoms with Gasteiger partial charge in [0.15, 0.2) is 11.6 Å². The molecule has 0 radical (unpaired) electrons. The van der Waals surface area contributed by atoms with Crippen LogP contribution in [0.25, 0.3) is 0 Å². The smallest absolute Gasteiger partial charge is 0.275 e. The average Bonchev–Trinajstić information content (AvgIpc) is 2.42. The number of ether oxygens (including phenoxy) is 1. The van der Waals surface area contributed by atoms with Crippen molar-refractivity contribution in [3.8, 4) is 11.5 Å². The van der Waals surface area contributed by atoms with Gasteiger partial charge in [0.1, 0.15) is 11.6 Å². The Morgan fingerprint density at radius 2 is 1.95 bits per heavy atom. The number of halogens is 2. The second kappa shape index (κ2) is 5.49. The molecule has 6 nitrogen and oxygen atoms in total. The molecule has 0 fully saturated rings. The van der Waals surface area contributed by atoms with Gasteiger partial charge in [-0.2, -0.15) is 0 Å². The number of nitrogens with zero attached hydrogens (tertiary/aromatic N) is 1. The van der Waals surface area contributed by atoms with E-state index < -0.39 is 16.6 Å². The molecule has 0 amide bonds. The number of nitro groups is 1. The first kappa shape index (κ1) is 13.7. The molecule has 0 heterocycles. The number of hydrazine groups is 1. The Morgan fingerprint density at radius 1 is 1.20 bits per heavy atom. The Balaban J connectivity index is 2.39. The summed E-state index contributed by atoms with van der Waals surface area (Å²) in [5.74, 6) is 3.26. The predicted molar refractivity (Wildman–Crippen MR) is 67.3 cm³/mol. The Labute approximate surface area is 111 Å². The van der Waals surface area contributed by atoms with Crippen LogP contribution in [0.4, 0.5) is 20.2 Å². The fourth-order valence-corrected chi connectivity index (χ4v) is 1.51. The molecule has 0 saturated heterocycles. The minimum absolute atomic E-state index is 0.0448. The zero-order valence-electron chi connectivity index (χ0n) is 9.97. The minimum atomic E-state index is -0.792. The third-order valence-corrected chi connectivity index (χ3v) is 2.39. The quantitative estimate of drug-likeness (QED) is 0.511. The van der Waals surface area contributed by atoms with Crippen molar-refractivity contribution < 1.29 is 18.4 Å². The van der Waals surface area contributed by atoms with Gasteiger partial charge >= 0.3 is 0 Å². The lowest BCUT2D eigenvalue weighted by atomic mass is 10.2. The topological polar surface area (TPSA) is 90.4 Å². The Bertz CT molecular complexity index is 664. The van der Waals surface area contributed by atoms with E-state index in [2.05, 4.69) is 5.43 Å². The number of anilines is 1. The Morgan fingerprint density at radius 3 is 2.60 bits per heavy atom. The van der Waals surface area contributed by atoms with Gasteiger partial charge in [-0.05, 0) is 12.1 Å². The molecule has 104 valence electrons. The van der Waals surface area contributed by atoms with E-state index in [0.717, 1.165) is 24.3 Å². The van der Waals surface area contributed by atoms with Gasteiger partial charge in [0.25, 0.3) is 5.69 Å². The Hall–Kier alpha value is -2.74. The molecule has 0 unspecified atom stereocenters. The van der Waals surface area contributed by atoms with Crippen LogP contribution in [0.5, 0.6) is 11.5 Å². The zero-order valence-corrected chi connectivity index (χ0v) is 9.97. The van der Waals surface area contributed by atoms with Crippen molar-refractivity contribution in [2.75, 3.05) is 5.43 Å². The third kappa shape index (κ3) is 2.98. The van der Waals surface area contributed by atoms with Crippen LogP contribution in [0.1, 0.15) is 0 Å². The van der Waals surface area contributed by atoms with Crippen molar-refractivity contribution in [1.82, 2.24) is 0 Å². The monoisotopic (exact) mass is 281 g/mol. The van der Waals surface area contributed by atoms with Gasteiger partial charge in [0, 0.05) is 18.2 Å². The minimum Gasteiger partial charge on any atom is -0.454 e. The summed E-state index contributed by atoms with van der Waals surface area (Å²) in [5.41, 5.74) is 2.12. The maximum Gasteiger partial charge on any atom is 0.275 e. The fraction of sp³-hybridized carbons (Fsp3) is 0. The lowest BCUT2D eigenvalue weighted by Gasteiger charge is -2.08. The van der Waals surface area contributed by atoms with Crippen LogP contribution in [0.15, 0.2) is 36.4 Å². The molecule has 8 heteroatoms. The van der Waals surface area contributed by atoms with Gasteiger partial charge in [-0.25, -0.2) is 8.78 Å². The standard InChI is InChI=1S/C12H9F2N3O3/c13-7-1-2-11(14)12(3-7)20-10-5-8(16-15)4-9(6-10)17(18)19/h1-6,16H,15H2. The van der Waals surface area contributed by atoms with E-state index in [1.165, 1.54) is 12.1 Å². The molecule has 0 atom stereocenters. The predicted octanol–water partition coefficient (Wildman–Crippen LogP) is 2.95. The summed E-state index contributed by atoms with van der Waals surface area (Å²) in [7, 11) is 0. The fourth-order valence-electron chi connectivity index (χ4n) is 1.51. The summed E-state index contributed by atoms with van der Waals surface area (Å²) in [6, 6.07) is 6.23. The van der Waals surface area contributed by atoms with E-state index in [9.17, 15) is 18.9 Å². The molecule has 0 bridgehead atoms. The van der Waals surface area contributed by atoms with Crippen molar-refractivity contribution in [3.05, 3.63) is 58.1 Å². The molecular weight excluding hydrogens is 272 g/mol. The van der Waals surface area contributed by atoms with E-state index >= 15 is 0 Å². The van der Waals surface area contributed by atoms with Crippen LogP contribution in [-0.2, 0) is 0 Å². The van der Waals surface area contributed by atoms with Gasteiger partial charge in [-0.1, -0.05) is 0 Å². The molecule has 0 saturated carbocycles. The molecule has 20 heavy (non-hydrogen) atoms. The highest BCUT2D eigenvalue weighted by Gasteiger charge is 2.13. The van der Waals surface area contributed by atoms with Crippen LogP contribution in [-0.4, -0.2) is 4.92 Å². The maximum absolute atomic E-state index is 13.4. The summed E-state index contributed by atoms with van der Waals surface area (Å²) in [6.45, 7) is 0. The number of rotatable bonds is 4. The third-order valence-electron chi connectivity index (χ3n) is 2.39. The highest BCUT2D eigenvalue weighted by molar-refractivity contribution is 5.56. The van der Waals surface area contributed by atoms with Gasteiger partial charge in [0.2, 0.25) is 0 Å². The van der Waals surface area contributed by atoms with Gasteiger partial charge < -0.3 is 10.2 Å². The molecule has 0 aliphatic carbocycles. The first-order chi connectivity index (χ1) is 9.49. The van der Waals surface area contributed by atoms with Crippen LogP contribution in [0, 0.1) is 21.7 Å². The number of nitro benzene ring substituents is 1. The number of benzene rings is 2. The average molecular weight is 281 g/mol. The number of hydrogen-bond acceptors (Lipinski definition) is 5. The highest BCUT2D eigenvalue weighted by atomic mass is 19.1. The first-order valence-electron chi connectivity index (χ1n) is 5.38. The summed E-state index contributed by atoms with van der Waals surface area (Å²) in [5, 5.41) is 10.7. The molecule has 0 aliphatic rings. The van der Waals surface area contributed by atoms with Gasteiger partial charge in [-0.3, -0.25) is 16.0 Å². The largest absolute Gasteiger partial charge is 0.454 e. The number of hydrogen-bond donors (Lipinski definition) is 2. The SMILES string of the molecule is NNc1cc(Oc2cc(F)ccc2F)cc([N+](=O)[O-])c1. The molecule has 0 aliphatic heterocycles. The van der Waals surface area contributed by atoms with E-state index in [-0.39, 0.29) is 22.9 Å². The molecule has 2 aromatic carbocycles. The second-order valence-electron chi connectivity index (χ2n) is 3.79. The summed E-state index contributed by atoms with van der Waals surface area (Å²) < 4.78 is 31.6. The number of non-ortho nitro benzene ring substituents is 1. The van der Waals surface area contributed by atoms with Gasteiger partial charge in [0.05, 0.1) is 16.7 Å². The van der Waals surface area contributed by atoms with Crippen molar-refractivity contribution in [1.29, 1.82) is 0 Å². The van der Waals surface area contributed by atoms with E-state index in [1.54, 1.807) is 0 Å². The maximum atomic E-state index is 13.4. The normalized spacial score (nSPS) is 10.2. The number of nitrogens with one attached hydrogen (secondary N) is 1. The second-order valence-corrected chi connectivity index (χ2v) is 3.79. The molecule has 3 N–H and O–H groups in total. The number of nitrogen functional groups attached to an aromatic ring is 1. The molecule has 0 aromatic heterocycles. The lowest BCUT2D eigenvalue weighted by Crippen LogP contribution is -2.07. The lowest BCUT2D eigenvalue weighted by molar-refractivity contribution is -0.384. The summed E-state index contributed by atoms with van der Waals surface area (Å²) in [4.78, 5) is 10.1. The molecule has 2 aromatic rings. The zero-order chi connectivity index (χ0) is 14.7. The van der Waals surface area contributed by atoms with E-state index in [0.29, 0.717) is 0 Å². The van der Waals surface area contributed by atoms with Crippen LogP contribution < -0.4 is 16.0 Å². The van der Waals surface area contributed by atoms with E-state index in [1.807, 2.05) is 0 Å². The van der Waals surface area contributed by atoms with Gasteiger partial charge in [-0.15, -0.1) is 0 Å². The van der Waals surface area contributed by atoms with Crippen LogP contribution >= 0.6 is 0 Å². The van der Waals surface area contributed by atoms with Crippen molar-refractivity contribution >= 4 is 11.4 Å². The molecule has 0 spiro atoms. The Kier molecular flexibility index (Phi) is 3.76. The highest BCUT2D eigenvalue weighted by Crippen LogP contribution is 2.30. The first-order valence-corrected chi connectivity index (χ1v) is 5.38. The van der Waals surface area contributed by atoms with Crippen LogP contribution in [0.2, 0.25) is 0 Å².